The molecule has 0 aliphatic carbocycles. The van der Waals surface area contributed by atoms with Gasteiger partial charge >= 0.3 is 0 Å². The summed E-state index contributed by atoms with van der Waals surface area (Å²) in [5.41, 5.74) is 0.760. The SMILES string of the molecule is CCCCN(CCCC)C(=S)Nc1ccc(S(N)(=O)=O)cc1. The molecule has 0 saturated heterocycles. The normalized spacial score (nSPS) is 11.2. The topological polar surface area (TPSA) is 75.4 Å². The van der Waals surface area contributed by atoms with Crippen LogP contribution in [0.15, 0.2) is 29.2 Å². The highest BCUT2D eigenvalue weighted by Gasteiger charge is 2.10. The Bertz CT molecular complexity index is 563. The number of benzene rings is 1. The largest absolute Gasteiger partial charge is 0.349 e. The molecule has 0 atom stereocenters. The van der Waals surface area contributed by atoms with E-state index in [4.69, 9.17) is 17.4 Å². The highest BCUT2D eigenvalue weighted by Crippen LogP contribution is 2.14. The summed E-state index contributed by atoms with van der Waals surface area (Å²) in [4.78, 5) is 2.26. The fourth-order valence-electron chi connectivity index (χ4n) is 1.94. The molecule has 5 nitrogen and oxygen atoms in total. The number of primary sulfonamides is 1. The van der Waals surface area contributed by atoms with E-state index in [1.165, 1.54) is 12.1 Å². The second-order valence-electron chi connectivity index (χ2n) is 5.19. The predicted molar refractivity (Wildman–Crippen MR) is 95.4 cm³/mol. The van der Waals surface area contributed by atoms with E-state index < -0.39 is 10.0 Å². The standard InChI is InChI=1S/C15H25N3O2S2/c1-3-5-11-18(12-6-4-2)15(21)17-13-7-9-14(10-8-13)22(16,19)20/h7-10H,3-6,11-12H2,1-2H3,(H,17,21)(H2,16,19,20). The van der Waals surface area contributed by atoms with Crippen molar-refractivity contribution in [3.05, 3.63) is 24.3 Å². The predicted octanol–water partition coefficient (Wildman–Crippen LogP) is 2.93. The molecule has 0 heterocycles. The highest BCUT2D eigenvalue weighted by atomic mass is 32.2. The zero-order valence-electron chi connectivity index (χ0n) is 13.2. The second kappa shape index (κ2) is 9.07. The molecule has 1 aromatic rings. The third-order valence-corrected chi connectivity index (χ3v) is 4.57. The van der Waals surface area contributed by atoms with Crippen LogP contribution in [-0.2, 0) is 10.0 Å². The van der Waals surface area contributed by atoms with Crippen LogP contribution in [0.5, 0.6) is 0 Å². The summed E-state index contributed by atoms with van der Waals surface area (Å²) in [6, 6.07) is 6.29. The van der Waals surface area contributed by atoms with Gasteiger partial charge in [-0.15, -0.1) is 0 Å². The number of hydrogen-bond donors (Lipinski definition) is 2. The van der Waals surface area contributed by atoms with Crippen LogP contribution in [0.1, 0.15) is 39.5 Å². The lowest BCUT2D eigenvalue weighted by molar-refractivity contribution is 0.403. The Kier molecular flexibility index (Phi) is 7.78. The molecular weight excluding hydrogens is 318 g/mol. The Balaban J connectivity index is 2.71. The van der Waals surface area contributed by atoms with Crippen molar-refractivity contribution in [2.75, 3.05) is 18.4 Å². The molecule has 3 N–H and O–H groups in total. The number of nitrogens with one attached hydrogen (secondary N) is 1. The number of nitrogens with two attached hydrogens (primary N) is 1. The fourth-order valence-corrected chi connectivity index (χ4v) is 2.76. The average Bonchev–Trinajstić information content (AvgIpc) is 2.47. The third kappa shape index (κ3) is 6.29. The van der Waals surface area contributed by atoms with E-state index in [0.717, 1.165) is 44.5 Å². The molecule has 0 saturated carbocycles. The third-order valence-electron chi connectivity index (χ3n) is 3.28. The maximum absolute atomic E-state index is 11.2. The van der Waals surface area contributed by atoms with Crippen LogP contribution in [0.4, 0.5) is 5.69 Å². The van der Waals surface area contributed by atoms with Crippen LogP contribution in [0.3, 0.4) is 0 Å². The minimum absolute atomic E-state index is 0.0952. The first-order chi connectivity index (χ1) is 10.4. The summed E-state index contributed by atoms with van der Waals surface area (Å²) >= 11 is 5.46. The second-order valence-corrected chi connectivity index (χ2v) is 7.14. The van der Waals surface area contributed by atoms with Crippen molar-refractivity contribution in [2.45, 2.75) is 44.4 Å². The Morgan fingerprint density at radius 2 is 1.64 bits per heavy atom. The van der Waals surface area contributed by atoms with E-state index >= 15 is 0 Å². The molecule has 0 spiro atoms. The van der Waals surface area contributed by atoms with Crippen LogP contribution in [0.25, 0.3) is 0 Å². The summed E-state index contributed by atoms with van der Waals surface area (Å²) in [7, 11) is -3.66. The Labute approximate surface area is 138 Å². The lowest BCUT2D eigenvalue weighted by Crippen LogP contribution is -2.36. The number of rotatable bonds is 8. The van der Waals surface area contributed by atoms with E-state index in [-0.39, 0.29) is 4.90 Å². The minimum atomic E-state index is -3.66. The lowest BCUT2D eigenvalue weighted by atomic mass is 10.2. The summed E-state index contributed by atoms with van der Waals surface area (Å²) in [5.74, 6) is 0. The summed E-state index contributed by atoms with van der Waals surface area (Å²) in [6.45, 7) is 6.16. The first-order valence-electron chi connectivity index (χ1n) is 7.57. The van der Waals surface area contributed by atoms with Gasteiger partial charge < -0.3 is 10.2 Å². The molecule has 0 aliphatic rings. The van der Waals surface area contributed by atoms with Crippen molar-refractivity contribution >= 4 is 33.0 Å². The van der Waals surface area contributed by atoms with Crippen LogP contribution in [0, 0.1) is 0 Å². The van der Waals surface area contributed by atoms with Gasteiger partial charge in [-0.3, -0.25) is 0 Å². The number of anilines is 1. The molecule has 0 bridgehead atoms. The van der Waals surface area contributed by atoms with Gasteiger partial charge in [-0.25, -0.2) is 13.6 Å². The maximum atomic E-state index is 11.2. The number of unbranched alkanes of at least 4 members (excludes halogenated alkanes) is 2. The van der Waals surface area contributed by atoms with Crippen molar-refractivity contribution in [1.29, 1.82) is 0 Å². The summed E-state index contributed by atoms with van der Waals surface area (Å²) in [6.07, 6.45) is 4.42. The van der Waals surface area contributed by atoms with Crippen molar-refractivity contribution in [3.63, 3.8) is 0 Å². The van der Waals surface area contributed by atoms with Gasteiger partial charge in [0.05, 0.1) is 4.90 Å². The van der Waals surface area contributed by atoms with Crippen molar-refractivity contribution in [3.8, 4) is 0 Å². The minimum Gasteiger partial charge on any atom is -0.349 e. The Morgan fingerprint density at radius 1 is 1.14 bits per heavy atom. The maximum Gasteiger partial charge on any atom is 0.238 e. The number of thiocarbonyl (C=S) groups is 1. The van der Waals surface area contributed by atoms with Crippen LogP contribution in [0.2, 0.25) is 0 Å². The quantitative estimate of drug-likeness (QED) is 0.710. The van der Waals surface area contributed by atoms with Crippen LogP contribution >= 0.6 is 12.2 Å². The van der Waals surface area contributed by atoms with E-state index in [2.05, 4.69) is 24.1 Å². The smallest absolute Gasteiger partial charge is 0.238 e. The molecule has 1 aromatic carbocycles. The number of hydrogen-bond acceptors (Lipinski definition) is 3. The van der Waals surface area contributed by atoms with E-state index in [9.17, 15) is 8.42 Å². The van der Waals surface area contributed by atoms with Crippen molar-refractivity contribution in [2.24, 2.45) is 5.14 Å². The summed E-state index contributed by atoms with van der Waals surface area (Å²) in [5, 5.41) is 8.92. The molecule has 0 fully saturated rings. The number of nitrogens with zero attached hydrogens (tertiary/aromatic N) is 1. The molecule has 0 amide bonds. The molecular formula is C15H25N3O2S2. The van der Waals surface area contributed by atoms with Gasteiger partial charge in [0, 0.05) is 18.8 Å². The fraction of sp³-hybridized carbons (Fsp3) is 0.533. The first kappa shape index (κ1) is 18.9. The first-order valence-corrected chi connectivity index (χ1v) is 9.52. The molecule has 0 aromatic heterocycles. The van der Waals surface area contributed by atoms with E-state index in [1.807, 2.05) is 0 Å². The molecule has 0 unspecified atom stereocenters. The van der Waals surface area contributed by atoms with Gasteiger partial charge in [-0.1, -0.05) is 26.7 Å². The molecule has 22 heavy (non-hydrogen) atoms. The lowest BCUT2D eigenvalue weighted by Gasteiger charge is -2.25. The Morgan fingerprint density at radius 3 is 2.05 bits per heavy atom. The molecule has 1 rings (SSSR count). The Hall–Kier alpha value is -1.18. The van der Waals surface area contributed by atoms with Crippen LogP contribution in [-0.4, -0.2) is 31.5 Å². The summed E-state index contributed by atoms with van der Waals surface area (Å²) < 4.78 is 22.5. The zero-order chi connectivity index (χ0) is 16.6. The van der Waals surface area contributed by atoms with Gasteiger partial charge in [0.1, 0.15) is 0 Å². The van der Waals surface area contributed by atoms with Gasteiger partial charge in [0.2, 0.25) is 10.0 Å². The molecule has 0 radical (unpaired) electrons. The molecule has 124 valence electrons. The van der Waals surface area contributed by atoms with Gasteiger partial charge in [0.25, 0.3) is 0 Å². The monoisotopic (exact) mass is 343 g/mol. The van der Waals surface area contributed by atoms with Gasteiger partial charge in [0.15, 0.2) is 5.11 Å². The van der Waals surface area contributed by atoms with Gasteiger partial charge in [-0.2, -0.15) is 0 Å². The highest BCUT2D eigenvalue weighted by molar-refractivity contribution is 7.89. The van der Waals surface area contributed by atoms with Crippen LogP contribution < -0.4 is 10.5 Å². The number of sulfonamides is 1. The molecule has 0 aliphatic heterocycles. The average molecular weight is 344 g/mol. The van der Waals surface area contributed by atoms with E-state index in [0.29, 0.717) is 5.11 Å². The van der Waals surface area contributed by atoms with Gasteiger partial charge in [-0.05, 0) is 49.3 Å². The van der Waals surface area contributed by atoms with Crippen molar-refractivity contribution in [1.82, 2.24) is 4.90 Å². The van der Waals surface area contributed by atoms with Crippen molar-refractivity contribution < 1.29 is 8.42 Å². The molecule has 7 heteroatoms. The van der Waals surface area contributed by atoms with E-state index in [1.54, 1.807) is 12.1 Å². The zero-order valence-corrected chi connectivity index (χ0v) is 14.8.